The lowest BCUT2D eigenvalue weighted by Crippen LogP contribution is -2.43. The molecule has 1 saturated heterocycles. The molecule has 1 fully saturated rings. The standard InChI is InChI=1S/C21H22N6O6/c1-2-4-10-5-3-6-11-13(10)20(31)27(19(11)30)33-16-15(29)12(7-28)32-21(16)26-9-25-14-17(22)23-8-24-18(14)26/h3,5-6,8-9,12,15-16,21,28-29H,2,4,7H2,1H3,(H2,22,23,24)/t12-,15-,16-,21-/m1/s1. The molecule has 12 heteroatoms. The highest BCUT2D eigenvalue weighted by molar-refractivity contribution is 6.21. The second-order valence-corrected chi connectivity index (χ2v) is 7.89. The van der Waals surface area contributed by atoms with Crippen LogP contribution in [0.15, 0.2) is 30.9 Å². The Hall–Kier alpha value is -3.45. The molecule has 0 spiro atoms. The SMILES string of the molecule is CCCc1cccc2c1C(=O)N(O[C@@H]1[C@H](O)[C@@H](CO)O[C@H]1n1cnc3c(N)ncnc31)C2=O. The van der Waals surface area contributed by atoms with Gasteiger partial charge in [-0.25, -0.2) is 15.0 Å². The summed E-state index contributed by atoms with van der Waals surface area (Å²) in [5.74, 6) is -1.09. The highest BCUT2D eigenvalue weighted by atomic mass is 16.7. The molecule has 3 aromatic rings. The summed E-state index contributed by atoms with van der Waals surface area (Å²) in [5.41, 5.74) is 7.75. The molecular formula is C21H22N6O6. The van der Waals surface area contributed by atoms with E-state index in [2.05, 4.69) is 15.0 Å². The number of fused-ring (bicyclic) bond motifs is 2. The van der Waals surface area contributed by atoms with E-state index in [4.69, 9.17) is 15.3 Å². The van der Waals surface area contributed by atoms with E-state index >= 15 is 0 Å². The summed E-state index contributed by atoms with van der Waals surface area (Å²) >= 11 is 0. The van der Waals surface area contributed by atoms with Gasteiger partial charge in [0.15, 0.2) is 23.8 Å². The summed E-state index contributed by atoms with van der Waals surface area (Å²) in [6.45, 7) is 1.47. The first-order valence-electron chi connectivity index (χ1n) is 10.5. The number of imide groups is 1. The number of carbonyl (C=O) groups excluding carboxylic acids is 2. The predicted molar refractivity (Wildman–Crippen MR) is 113 cm³/mol. The molecule has 4 heterocycles. The van der Waals surface area contributed by atoms with Crippen LogP contribution in [0.25, 0.3) is 11.2 Å². The lowest BCUT2D eigenvalue weighted by atomic mass is 9.99. The van der Waals surface area contributed by atoms with Gasteiger partial charge >= 0.3 is 0 Å². The number of hydroxylamine groups is 2. The van der Waals surface area contributed by atoms with Gasteiger partial charge in [-0.15, -0.1) is 5.06 Å². The van der Waals surface area contributed by atoms with Gasteiger partial charge < -0.3 is 20.7 Å². The third kappa shape index (κ3) is 3.26. The Balaban J connectivity index is 1.50. The highest BCUT2D eigenvalue weighted by Crippen LogP contribution is 2.36. The zero-order chi connectivity index (χ0) is 23.3. The summed E-state index contributed by atoms with van der Waals surface area (Å²) in [7, 11) is 0. The summed E-state index contributed by atoms with van der Waals surface area (Å²) in [4.78, 5) is 44.2. The smallest absolute Gasteiger partial charge is 0.286 e. The number of anilines is 1. The quantitative estimate of drug-likeness (QED) is 0.438. The predicted octanol–water partition coefficient (Wildman–Crippen LogP) is 0.208. The first-order chi connectivity index (χ1) is 16.0. The lowest BCUT2D eigenvalue weighted by molar-refractivity contribution is -0.177. The first kappa shape index (κ1) is 21.4. The number of hydrogen-bond acceptors (Lipinski definition) is 10. The molecule has 2 amide bonds. The lowest BCUT2D eigenvalue weighted by Gasteiger charge is -2.25. The molecule has 172 valence electrons. The number of nitrogen functional groups attached to an aromatic ring is 1. The number of rotatable bonds is 6. The van der Waals surface area contributed by atoms with Crippen molar-refractivity contribution in [2.45, 2.75) is 44.3 Å². The Morgan fingerprint density at radius 3 is 2.79 bits per heavy atom. The number of hydrogen-bond donors (Lipinski definition) is 3. The van der Waals surface area contributed by atoms with E-state index < -0.39 is 43.0 Å². The van der Waals surface area contributed by atoms with Gasteiger partial charge in [0.1, 0.15) is 24.1 Å². The van der Waals surface area contributed by atoms with Crippen molar-refractivity contribution in [3.63, 3.8) is 0 Å². The minimum atomic E-state index is -1.35. The third-order valence-corrected chi connectivity index (χ3v) is 5.86. The van der Waals surface area contributed by atoms with Crippen LogP contribution in [0.5, 0.6) is 0 Å². The fraction of sp³-hybridized carbons (Fsp3) is 0.381. The number of carbonyl (C=O) groups is 2. The number of ether oxygens (including phenoxy) is 1. The van der Waals surface area contributed by atoms with Crippen LogP contribution in [0, 0.1) is 0 Å². The average Bonchev–Trinajstić information content (AvgIpc) is 3.45. The largest absolute Gasteiger partial charge is 0.394 e. The number of aliphatic hydroxyl groups excluding tert-OH is 2. The van der Waals surface area contributed by atoms with Gasteiger partial charge in [0, 0.05) is 0 Å². The van der Waals surface area contributed by atoms with Crippen LogP contribution in [0.3, 0.4) is 0 Å². The molecule has 5 rings (SSSR count). The van der Waals surface area contributed by atoms with Crippen LogP contribution >= 0.6 is 0 Å². The number of nitrogens with two attached hydrogens (primary N) is 1. The molecule has 2 aliphatic rings. The van der Waals surface area contributed by atoms with Crippen molar-refractivity contribution < 1.29 is 29.4 Å². The summed E-state index contributed by atoms with van der Waals surface area (Å²) < 4.78 is 7.25. The molecule has 33 heavy (non-hydrogen) atoms. The number of benzene rings is 1. The molecule has 2 aliphatic heterocycles. The fourth-order valence-corrected chi connectivity index (χ4v) is 4.29. The van der Waals surface area contributed by atoms with Gasteiger partial charge in [-0.2, -0.15) is 0 Å². The molecule has 0 bridgehead atoms. The van der Waals surface area contributed by atoms with Crippen molar-refractivity contribution in [1.82, 2.24) is 24.6 Å². The Kier molecular flexibility index (Phi) is 5.29. The molecule has 4 atom stereocenters. The maximum Gasteiger partial charge on any atom is 0.286 e. The summed E-state index contributed by atoms with van der Waals surface area (Å²) in [6.07, 6.45) is -0.609. The summed E-state index contributed by atoms with van der Waals surface area (Å²) in [6, 6.07) is 5.09. The fourth-order valence-electron chi connectivity index (χ4n) is 4.29. The molecule has 0 radical (unpaired) electrons. The Labute approximate surface area is 187 Å². The van der Waals surface area contributed by atoms with E-state index in [0.717, 1.165) is 12.0 Å². The molecular weight excluding hydrogens is 432 g/mol. The van der Waals surface area contributed by atoms with Gasteiger partial charge in [-0.3, -0.25) is 19.0 Å². The van der Waals surface area contributed by atoms with Gasteiger partial charge in [-0.05, 0) is 18.1 Å². The molecule has 4 N–H and O–H groups in total. The molecule has 0 unspecified atom stereocenters. The molecule has 1 aromatic carbocycles. The third-order valence-electron chi connectivity index (χ3n) is 5.86. The molecule has 0 aliphatic carbocycles. The number of aliphatic hydroxyl groups is 2. The normalized spacial score (nSPS) is 24.8. The molecule has 0 saturated carbocycles. The van der Waals surface area contributed by atoms with Crippen LogP contribution in [-0.4, -0.2) is 71.5 Å². The molecule has 2 aromatic heterocycles. The van der Waals surface area contributed by atoms with Gasteiger partial charge in [0.05, 0.1) is 24.1 Å². The van der Waals surface area contributed by atoms with Crippen LogP contribution in [-0.2, 0) is 16.0 Å². The van der Waals surface area contributed by atoms with E-state index in [0.29, 0.717) is 28.2 Å². The van der Waals surface area contributed by atoms with E-state index in [9.17, 15) is 19.8 Å². The minimum absolute atomic E-state index is 0.150. The number of aromatic nitrogens is 4. The van der Waals surface area contributed by atoms with E-state index in [1.807, 2.05) is 6.92 Å². The van der Waals surface area contributed by atoms with E-state index in [1.54, 1.807) is 18.2 Å². The zero-order valence-corrected chi connectivity index (χ0v) is 17.7. The van der Waals surface area contributed by atoms with Crippen LogP contribution in [0.4, 0.5) is 5.82 Å². The van der Waals surface area contributed by atoms with Crippen molar-refractivity contribution in [3.8, 4) is 0 Å². The van der Waals surface area contributed by atoms with Crippen LogP contribution in [0.2, 0.25) is 0 Å². The second kappa shape index (κ2) is 8.15. The summed E-state index contributed by atoms with van der Waals surface area (Å²) in [5, 5.41) is 21.1. The van der Waals surface area contributed by atoms with Crippen molar-refractivity contribution in [1.29, 1.82) is 0 Å². The highest BCUT2D eigenvalue weighted by Gasteiger charge is 2.50. The van der Waals surface area contributed by atoms with Crippen LogP contribution < -0.4 is 5.73 Å². The van der Waals surface area contributed by atoms with Gasteiger partial charge in [-0.1, -0.05) is 25.5 Å². The van der Waals surface area contributed by atoms with Gasteiger partial charge in [0.2, 0.25) is 0 Å². The minimum Gasteiger partial charge on any atom is -0.394 e. The zero-order valence-electron chi connectivity index (χ0n) is 17.7. The van der Waals surface area contributed by atoms with Crippen molar-refractivity contribution in [2.24, 2.45) is 0 Å². The Bertz CT molecular complexity index is 1250. The average molecular weight is 454 g/mol. The monoisotopic (exact) mass is 454 g/mol. The van der Waals surface area contributed by atoms with Crippen molar-refractivity contribution in [2.75, 3.05) is 12.3 Å². The van der Waals surface area contributed by atoms with E-state index in [1.165, 1.54) is 17.2 Å². The topological polar surface area (TPSA) is 166 Å². The Morgan fingerprint density at radius 2 is 2.03 bits per heavy atom. The number of imidazole rings is 1. The number of amides is 2. The van der Waals surface area contributed by atoms with E-state index in [-0.39, 0.29) is 11.4 Å². The van der Waals surface area contributed by atoms with Crippen molar-refractivity contribution >= 4 is 28.8 Å². The molecule has 12 nitrogen and oxygen atoms in total. The second-order valence-electron chi connectivity index (χ2n) is 7.89. The maximum absolute atomic E-state index is 13.2. The van der Waals surface area contributed by atoms with Gasteiger partial charge in [0.25, 0.3) is 11.8 Å². The Morgan fingerprint density at radius 1 is 1.21 bits per heavy atom. The first-order valence-corrected chi connectivity index (χ1v) is 10.5. The maximum atomic E-state index is 13.2. The number of aryl methyl sites for hydroxylation is 1. The van der Waals surface area contributed by atoms with Crippen molar-refractivity contribution in [3.05, 3.63) is 47.5 Å². The number of nitrogens with zero attached hydrogens (tertiary/aromatic N) is 5. The van der Waals surface area contributed by atoms with Crippen LogP contribution in [0.1, 0.15) is 45.9 Å².